The van der Waals surface area contributed by atoms with Gasteiger partial charge in [-0.05, 0) is 36.2 Å². The van der Waals surface area contributed by atoms with E-state index in [-0.39, 0.29) is 12.5 Å². The third kappa shape index (κ3) is 5.48. The first-order valence-corrected chi connectivity index (χ1v) is 13.2. The fourth-order valence-corrected chi connectivity index (χ4v) is 5.91. The predicted molar refractivity (Wildman–Crippen MR) is 147 cm³/mol. The molecule has 39 heavy (non-hydrogen) atoms. The number of amides is 2. The Balaban J connectivity index is 1.31. The Hall–Kier alpha value is -3.88. The van der Waals surface area contributed by atoms with Gasteiger partial charge in [-0.3, -0.25) is 10.6 Å². The Labute approximate surface area is 228 Å². The van der Waals surface area contributed by atoms with Crippen molar-refractivity contribution in [2.45, 2.75) is 44.7 Å². The van der Waals surface area contributed by atoms with Crippen LogP contribution in [0.4, 0.5) is 21.0 Å². The van der Waals surface area contributed by atoms with Gasteiger partial charge in [0.1, 0.15) is 17.8 Å². The molecule has 2 aliphatic carbocycles. The lowest BCUT2D eigenvalue weighted by atomic mass is 9.82. The molecular formula is C31H34N2O6. The van der Waals surface area contributed by atoms with E-state index in [0.717, 1.165) is 5.56 Å². The van der Waals surface area contributed by atoms with Crippen LogP contribution in [0.2, 0.25) is 0 Å². The number of hydrogen-bond donors (Lipinski definition) is 3. The van der Waals surface area contributed by atoms with Crippen molar-refractivity contribution in [2.24, 2.45) is 17.3 Å². The summed E-state index contributed by atoms with van der Waals surface area (Å²) in [5.74, 6) is -0.758. The summed E-state index contributed by atoms with van der Waals surface area (Å²) in [6.45, 7) is 4.43. The third-order valence-corrected chi connectivity index (χ3v) is 8.14. The average Bonchev–Trinajstić information content (AvgIpc) is 3.41. The summed E-state index contributed by atoms with van der Waals surface area (Å²) in [4.78, 5) is 25.7. The number of carbonyl (C=O) groups is 2. The third-order valence-electron chi connectivity index (χ3n) is 8.14. The molecule has 8 nitrogen and oxygen atoms in total. The van der Waals surface area contributed by atoms with Crippen LogP contribution in [0.15, 0.2) is 91.0 Å². The highest BCUT2D eigenvalue weighted by molar-refractivity contribution is 5.85. The first kappa shape index (κ1) is 26.7. The van der Waals surface area contributed by atoms with Gasteiger partial charge < -0.3 is 19.3 Å². The molecule has 3 aromatic carbocycles. The zero-order valence-corrected chi connectivity index (χ0v) is 22.1. The number of nitrogens with one attached hydrogen (secondary N) is 2. The van der Waals surface area contributed by atoms with Gasteiger partial charge in [0.15, 0.2) is 0 Å². The molecule has 0 radical (unpaired) electrons. The lowest BCUT2D eigenvalue weighted by Gasteiger charge is -2.38. The van der Waals surface area contributed by atoms with E-state index >= 15 is 0 Å². The van der Waals surface area contributed by atoms with Crippen LogP contribution in [0.3, 0.4) is 0 Å². The second-order valence-electron chi connectivity index (χ2n) is 10.6. The van der Waals surface area contributed by atoms with Gasteiger partial charge in [-0.2, -0.15) is 0 Å². The number of para-hydroxylation sites is 2. The molecular weight excluding hydrogens is 496 g/mol. The van der Waals surface area contributed by atoms with E-state index in [9.17, 15) is 14.7 Å². The molecule has 0 aliphatic heterocycles. The Morgan fingerprint density at radius 2 is 1.36 bits per heavy atom. The standard InChI is InChI=1S/C31H34N2O6/c1-21-25(38-28(34)32-23-14-8-4-9-15-23)18-26-30(2,20-37-19-22-12-6-3-7-13-22)31(26,36)27(21)39-29(35)33-24-16-10-5-11-17-24/h3-17,21,25-27,36H,18-20H2,1-2H3,(H,32,34)(H,33,35)/t21-,25-,26?,27+,30?,31+/m0/s1. The second-order valence-corrected chi connectivity index (χ2v) is 10.6. The quantitative estimate of drug-likeness (QED) is 0.338. The van der Waals surface area contributed by atoms with Crippen LogP contribution in [0.1, 0.15) is 25.8 Å². The maximum atomic E-state index is 12.9. The monoisotopic (exact) mass is 530 g/mol. The van der Waals surface area contributed by atoms with Crippen LogP contribution >= 0.6 is 0 Å². The highest BCUT2D eigenvalue weighted by Gasteiger charge is 2.81. The number of rotatable bonds is 8. The molecule has 0 heterocycles. The van der Waals surface area contributed by atoms with Crippen molar-refractivity contribution < 1.29 is 28.9 Å². The van der Waals surface area contributed by atoms with Crippen molar-refractivity contribution in [2.75, 3.05) is 17.2 Å². The van der Waals surface area contributed by atoms with Crippen LogP contribution in [-0.4, -0.2) is 41.7 Å². The Morgan fingerprint density at radius 1 is 0.846 bits per heavy atom. The number of carbonyl (C=O) groups excluding carboxylic acids is 2. The van der Waals surface area contributed by atoms with Crippen molar-refractivity contribution in [3.8, 4) is 0 Å². The first-order valence-electron chi connectivity index (χ1n) is 13.2. The van der Waals surface area contributed by atoms with Crippen LogP contribution in [-0.2, 0) is 20.8 Å². The van der Waals surface area contributed by atoms with Gasteiger partial charge in [-0.25, -0.2) is 9.59 Å². The van der Waals surface area contributed by atoms with Crippen molar-refractivity contribution in [3.63, 3.8) is 0 Å². The number of ether oxygens (including phenoxy) is 3. The average molecular weight is 531 g/mol. The summed E-state index contributed by atoms with van der Waals surface area (Å²) in [6.07, 6.45) is -2.35. The molecule has 3 aromatic rings. The summed E-state index contributed by atoms with van der Waals surface area (Å²) >= 11 is 0. The molecule has 5 rings (SSSR count). The summed E-state index contributed by atoms with van der Waals surface area (Å²) in [6, 6.07) is 27.8. The van der Waals surface area contributed by atoms with Crippen molar-refractivity contribution >= 4 is 23.6 Å². The lowest BCUT2D eigenvalue weighted by Crippen LogP contribution is -2.51. The van der Waals surface area contributed by atoms with Gasteiger partial charge in [0.05, 0.1) is 13.2 Å². The van der Waals surface area contributed by atoms with E-state index in [2.05, 4.69) is 10.6 Å². The normalized spacial score (nSPS) is 29.0. The van der Waals surface area contributed by atoms with E-state index in [1.165, 1.54) is 0 Å². The maximum Gasteiger partial charge on any atom is 0.412 e. The minimum Gasteiger partial charge on any atom is -0.446 e. The van der Waals surface area contributed by atoms with E-state index in [4.69, 9.17) is 14.2 Å². The first-order chi connectivity index (χ1) is 18.8. The van der Waals surface area contributed by atoms with Gasteiger partial charge in [-0.1, -0.05) is 80.6 Å². The highest BCUT2D eigenvalue weighted by Crippen LogP contribution is 2.70. The molecule has 3 N–H and O–H groups in total. The molecule has 2 saturated carbocycles. The Bertz CT molecular complexity index is 1270. The maximum absolute atomic E-state index is 12.9. The SMILES string of the molecule is C[C@H]1[C@@H](OC(=O)Nc2ccccc2)CC2C(C)(COCc3ccccc3)[C@]2(O)[C@@H]1OC(=O)Nc1ccccc1. The molecule has 2 aliphatic rings. The number of aliphatic hydroxyl groups is 1. The smallest absolute Gasteiger partial charge is 0.412 e. The van der Waals surface area contributed by atoms with Crippen LogP contribution in [0.25, 0.3) is 0 Å². The van der Waals surface area contributed by atoms with Crippen molar-refractivity contribution in [3.05, 3.63) is 96.6 Å². The van der Waals surface area contributed by atoms with Crippen molar-refractivity contribution in [1.82, 2.24) is 0 Å². The van der Waals surface area contributed by atoms with Crippen molar-refractivity contribution in [1.29, 1.82) is 0 Å². The van der Waals surface area contributed by atoms with Gasteiger partial charge in [0, 0.05) is 28.6 Å². The molecule has 204 valence electrons. The Morgan fingerprint density at radius 3 is 1.92 bits per heavy atom. The second kappa shape index (κ2) is 11.1. The summed E-state index contributed by atoms with van der Waals surface area (Å²) < 4.78 is 17.8. The molecule has 0 saturated heterocycles. The summed E-state index contributed by atoms with van der Waals surface area (Å²) in [5.41, 5.74) is 0.200. The van der Waals surface area contributed by atoms with Gasteiger partial charge in [0.2, 0.25) is 0 Å². The lowest BCUT2D eigenvalue weighted by molar-refractivity contribution is -0.114. The number of anilines is 2. The van der Waals surface area contributed by atoms with E-state index in [1.54, 1.807) is 36.4 Å². The molecule has 2 unspecified atom stereocenters. The zero-order valence-electron chi connectivity index (χ0n) is 22.1. The number of benzene rings is 3. The topological polar surface area (TPSA) is 106 Å². The van der Waals surface area contributed by atoms with E-state index in [0.29, 0.717) is 24.4 Å². The van der Waals surface area contributed by atoms with Crippen LogP contribution in [0, 0.1) is 17.3 Å². The molecule has 0 spiro atoms. The minimum atomic E-state index is -1.33. The highest BCUT2D eigenvalue weighted by atomic mass is 16.6. The molecule has 0 bridgehead atoms. The van der Waals surface area contributed by atoms with Gasteiger partial charge in [0.25, 0.3) is 0 Å². The van der Waals surface area contributed by atoms with Crippen LogP contribution < -0.4 is 10.6 Å². The fourth-order valence-electron chi connectivity index (χ4n) is 5.91. The summed E-state index contributed by atoms with van der Waals surface area (Å²) in [7, 11) is 0. The Kier molecular flexibility index (Phi) is 7.59. The molecule has 8 heteroatoms. The predicted octanol–water partition coefficient (Wildman–Crippen LogP) is 5.84. The van der Waals surface area contributed by atoms with Crippen LogP contribution in [0.5, 0.6) is 0 Å². The van der Waals surface area contributed by atoms with E-state index in [1.807, 2.05) is 68.4 Å². The zero-order chi connectivity index (χ0) is 27.5. The number of fused-ring (bicyclic) bond motifs is 1. The molecule has 2 fully saturated rings. The minimum absolute atomic E-state index is 0.263. The molecule has 2 amide bonds. The van der Waals surface area contributed by atoms with E-state index < -0.39 is 41.3 Å². The number of hydrogen-bond acceptors (Lipinski definition) is 6. The summed E-state index contributed by atoms with van der Waals surface area (Å²) in [5, 5.41) is 17.4. The molecule has 0 aromatic heterocycles. The molecule has 6 atom stereocenters. The largest absolute Gasteiger partial charge is 0.446 e. The van der Waals surface area contributed by atoms with Gasteiger partial charge >= 0.3 is 12.2 Å². The van der Waals surface area contributed by atoms with Gasteiger partial charge in [-0.15, -0.1) is 0 Å². The fraction of sp³-hybridized carbons (Fsp3) is 0.355.